The van der Waals surface area contributed by atoms with Gasteiger partial charge in [0.2, 0.25) is 0 Å². The average molecular weight is 343 g/mol. The largest absolute Gasteiger partial charge is 0.391 e. The monoisotopic (exact) mass is 343 g/mol. The van der Waals surface area contributed by atoms with Crippen molar-refractivity contribution in [2.24, 2.45) is 0 Å². The molecule has 3 atom stereocenters. The van der Waals surface area contributed by atoms with Gasteiger partial charge in [-0.3, -0.25) is 0 Å². The van der Waals surface area contributed by atoms with Crippen molar-refractivity contribution in [3.63, 3.8) is 0 Å². The molecule has 0 amide bonds. The van der Waals surface area contributed by atoms with Crippen LogP contribution in [-0.4, -0.2) is 21.5 Å². The third kappa shape index (κ3) is 5.41. The topological polar surface area (TPSA) is 49.3 Å². The third-order valence-corrected chi connectivity index (χ3v) is 5.37. The van der Waals surface area contributed by atoms with Gasteiger partial charge in [0.25, 0.3) is 0 Å². The molecule has 4 heteroatoms. The minimum Gasteiger partial charge on any atom is -0.391 e. The molecule has 0 aliphatic carbocycles. The van der Waals surface area contributed by atoms with Crippen LogP contribution in [0.3, 0.4) is 0 Å². The molecule has 0 bridgehead atoms. The summed E-state index contributed by atoms with van der Waals surface area (Å²) in [5, 5.41) is 13.6. The molecule has 0 fully saturated rings. The zero-order valence-corrected chi connectivity index (χ0v) is 15.1. The van der Waals surface area contributed by atoms with Crippen molar-refractivity contribution < 1.29 is 9.32 Å². The number of rotatable bonds is 8. The Morgan fingerprint density at radius 2 is 1.79 bits per heavy atom. The van der Waals surface area contributed by atoms with E-state index in [0.29, 0.717) is 17.9 Å². The molecule has 0 aliphatic rings. The van der Waals surface area contributed by atoms with Gasteiger partial charge in [0.05, 0.1) is 16.9 Å². The van der Waals surface area contributed by atoms with E-state index in [2.05, 4.69) is 11.9 Å². The Kier molecular flexibility index (Phi) is 6.91. The predicted molar refractivity (Wildman–Crippen MR) is 100 cm³/mol. The highest BCUT2D eigenvalue weighted by atomic mass is 32.2. The first-order chi connectivity index (χ1) is 11.5. The van der Waals surface area contributed by atoms with E-state index in [1.807, 2.05) is 68.4 Å². The van der Waals surface area contributed by atoms with Gasteiger partial charge in [-0.2, -0.15) is 0 Å². The summed E-state index contributed by atoms with van der Waals surface area (Å²) in [6.45, 7) is 8.51. The Morgan fingerprint density at radius 3 is 2.42 bits per heavy atom. The number of aliphatic hydroxyl groups is 1. The zero-order valence-electron chi connectivity index (χ0n) is 14.2. The first-order valence-corrected chi connectivity index (χ1v) is 9.24. The summed E-state index contributed by atoms with van der Waals surface area (Å²) in [4.78, 5) is 1.27. The van der Waals surface area contributed by atoms with E-state index in [9.17, 15) is 9.32 Å². The smallest absolute Gasteiger partial charge is 0.0803 e. The molecule has 128 valence electrons. The standard InChI is InChI=1S/C20H25NO2S/c1-15-9-11-19(12-10-15)24(23)16(2)13-20(22)17(3)21-14-18-7-5-4-6-8-18/h4-12,17,20-22H,2,13-14H2,1,3H3/t17-,20+,24+/m0/s1. The van der Waals surface area contributed by atoms with Crippen LogP contribution in [0.4, 0.5) is 0 Å². The first kappa shape index (κ1) is 18.6. The fraction of sp³-hybridized carbons (Fsp3) is 0.300. The van der Waals surface area contributed by atoms with Gasteiger partial charge >= 0.3 is 0 Å². The molecule has 0 radical (unpaired) electrons. The molecule has 2 aromatic carbocycles. The van der Waals surface area contributed by atoms with Crippen LogP contribution >= 0.6 is 0 Å². The molecule has 2 aromatic rings. The SMILES string of the molecule is C=C(C[C@@H](O)[C@H](C)NCc1ccccc1)[S@@](=O)c1ccc(C)cc1. The van der Waals surface area contributed by atoms with Crippen LogP contribution in [0.1, 0.15) is 24.5 Å². The summed E-state index contributed by atoms with van der Waals surface area (Å²) < 4.78 is 12.5. The summed E-state index contributed by atoms with van der Waals surface area (Å²) in [6, 6.07) is 17.5. The highest BCUT2D eigenvalue weighted by molar-refractivity contribution is 7.89. The highest BCUT2D eigenvalue weighted by Gasteiger charge is 2.18. The number of aryl methyl sites for hydroxylation is 1. The second-order valence-corrected chi connectivity index (χ2v) is 7.63. The van der Waals surface area contributed by atoms with E-state index in [4.69, 9.17) is 0 Å². The van der Waals surface area contributed by atoms with Crippen molar-refractivity contribution in [2.75, 3.05) is 0 Å². The lowest BCUT2D eigenvalue weighted by atomic mass is 10.1. The number of benzene rings is 2. The summed E-state index contributed by atoms with van der Waals surface area (Å²) in [5.74, 6) is 0. The van der Waals surface area contributed by atoms with E-state index in [-0.39, 0.29) is 6.04 Å². The van der Waals surface area contributed by atoms with Crippen molar-refractivity contribution in [3.05, 3.63) is 77.2 Å². The highest BCUT2D eigenvalue weighted by Crippen LogP contribution is 2.19. The molecular weight excluding hydrogens is 318 g/mol. The van der Waals surface area contributed by atoms with Crippen molar-refractivity contribution in [1.29, 1.82) is 0 Å². The van der Waals surface area contributed by atoms with Crippen LogP contribution in [0, 0.1) is 6.92 Å². The minimum absolute atomic E-state index is 0.114. The Balaban J connectivity index is 1.85. The maximum atomic E-state index is 12.5. The van der Waals surface area contributed by atoms with Crippen LogP contribution in [0.5, 0.6) is 0 Å². The van der Waals surface area contributed by atoms with Crippen molar-refractivity contribution in [2.45, 2.75) is 43.9 Å². The summed E-state index contributed by atoms with van der Waals surface area (Å²) in [6.07, 6.45) is -0.320. The molecule has 24 heavy (non-hydrogen) atoms. The van der Waals surface area contributed by atoms with Gasteiger partial charge < -0.3 is 10.4 Å². The van der Waals surface area contributed by atoms with Crippen LogP contribution in [-0.2, 0) is 17.3 Å². The Labute approximate surface area is 146 Å². The minimum atomic E-state index is -1.30. The van der Waals surface area contributed by atoms with E-state index in [1.54, 1.807) is 0 Å². The quantitative estimate of drug-likeness (QED) is 0.771. The van der Waals surface area contributed by atoms with Gasteiger partial charge in [-0.05, 0) is 31.5 Å². The molecule has 0 heterocycles. The predicted octanol–water partition coefficient (Wildman–Crippen LogP) is 3.55. The van der Waals surface area contributed by atoms with Gasteiger partial charge in [0.1, 0.15) is 0 Å². The lowest BCUT2D eigenvalue weighted by Gasteiger charge is -2.21. The number of hydrogen-bond donors (Lipinski definition) is 2. The Morgan fingerprint density at radius 1 is 1.17 bits per heavy atom. The molecular formula is C20H25NO2S. The van der Waals surface area contributed by atoms with Gasteiger partial charge in [0, 0.05) is 28.8 Å². The van der Waals surface area contributed by atoms with Crippen LogP contribution in [0.15, 0.2) is 71.0 Å². The lowest BCUT2D eigenvalue weighted by Crippen LogP contribution is -2.37. The van der Waals surface area contributed by atoms with Crippen LogP contribution in [0.25, 0.3) is 0 Å². The van der Waals surface area contributed by atoms with Crippen molar-refractivity contribution >= 4 is 10.8 Å². The van der Waals surface area contributed by atoms with E-state index in [1.165, 1.54) is 5.56 Å². The summed E-state index contributed by atoms with van der Waals surface area (Å²) >= 11 is 0. The van der Waals surface area contributed by atoms with E-state index < -0.39 is 16.9 Å². The molecule has 0 saturated heterocycles. The second kappa shape index (κ2) is 8.92. The molecule has 2 rings (SSSR count). The molecule has 0 unspecified atom stereocenters. The maximum Gasteiger partial charge on any atom is 0.0803 e. The molecule has 0 saturated carbocycles. The van der Waals surface area contributed by atoms with Gasteiger partial charge in [-0.25, -0.2) is 4.21 Å². The first-order valence-electron chi connectivity index (χ1n) is 8.09. The number of aliphatic hydroxyl groups excluding tert-OH is 1. The van der Waals surface area contributed by atoms with Crippen LogP contribution < -0.4 is 5.32 Å². The van der Waals surface area contributed by atoms with Gasteiger partial charge in [-0.1, -0.05) is 54.6 Å². The number of hydrogen-bond acceptors (Lipinski definition) is 3. The normalized spacial score (nSPS) is 14.8. The van der Waals surface area contributed by atoms with Crippen molar-refractivity contribution in [3.8, 4) is 0 Å². The molecule has 0 aliphatic heterocycles. The summed E-state index contributed by atoms with van der Waals surface area (Å²) in [7, 11) is -1.30. The summed E-state index contributed by atoms with van der Waals surface area (Å²) in [5.41, 5.74) is 2.29. The zero-order chi connectivity index (χ0) is 17.5. The Bertz CT molecular complexity index is 683. The van der Waals surface area contributed by atoms with Crippen molar-refractivity contribution in [1.82, 2.24) is 5.32 Å². The Hall–Kier alpha value is -1.75. The fourth-order valence-corrected chi connectivity index (χ4v) is 3.36. The fourth-order valence-electron chi connectivity index (χ4n) is 2.32. The maximum absolute atomic E-state index is 12.5. The average Bonchev–Trinajstić information content (AvgIpc) is 2.60. The third-order valence-electron chi connectivity index (χ3n) is 3.98. The molecule has 0 spiro atoms. The molecule has 3 nitrogen and oxygen atoms in total. The molecule has 2 N–H and O–H groups in total. The number of nitrogens with one attached hydrogen (secondary N) is 1. The van der Waals surface area contributed by atoms with Gasteiger partial charge in [0.15, 0.2) is 0 Å². The molecule has 0 aromatic heterocycles. The lowest BCUT2D eigenvalue weighted by molar-refractivity contribution is 0.135. The van der Waals surface area contributed by atoms with Crippen LogP contribution in [0.2, 0.25) is 0 Å². The van der Waals surface area contributed by atoms with E-state index >= 15 is 0 Å². The van der Waals surface area contributed by atoms with E-state index in [0.717, 1.165) is 10.5 Å². The van der Waals surface area contributed by atoms with Gasteiger partial charge in [-0.15, -0.1) is 0 Å². The second-order valence-electron chi connectivity index (χ2n) is 6.05.